The Hall–Kier alpha value is -2.04. The number of aliphatic carboxylic acids is 1. The average Bonchev–Trinajstić information content (AvgIpc) is 2.68. The Balaban J connectivity index is 1.90. The van der Waals surface area contributed by atoms with E-state index in [1.807, 2.05) is 0 Å². The maximum absolute atomic E-state index is 13.0. The molecule has 0 radical (unpaired) electrons. The van der Waals surface area contributed by atoms with Crippen molar-refractivity contribution in [3.63, 3.8) is 0 Å². The average molecular weight is 397 g/mol. The van der Waals surface area contributed by atoms with Crippen LogP contribution in [-0.4, -0.2) is 70.4 Å². The summed E-state index contributed by atoms with van der Waals surface area (Å²) in [7, 11) is -4.04. The number of aliphatic hydroxyl groups excluding tert-OH is 1. The highest BCUT2D eigenvalue weighted by molar-refractivity contribution is 7.89. The van der Waals surface area contributed by atoms with Crippen LogP contribution in [-0.2, 0) is 26.2 Å². The van der Waals surface area contributed by atoms with Gasteiger partial charge in [-0.1, -0.05) is 0 Å². The summed E-state index contributed by atoms with van der Waals surface area (Å²) in [6.07, 6.45) is 3.55. The molecule has 2 fully saturated rings. The first kappa shape index (κ1) is 19.7. The van der Waals surface area contributed by atoms with E-state index in [4.69, 9.17) is 0 Å². The van der Waals surface area contributed by atoms with Gasteiger partial charge >= 0.3 is 5.97 Å². The summed E-state index contributed by atoms with van der Waals surface area (Å²) < 4.78 is 27.1. The van der Waals surface area contributed by atoms with Gasteiger partial charge in [0.15, 0.2) is 5.03 Å². The number of aliphatic hydroxyl groups is 1. The molecule has 0 bridgehead atoms. The topological polar surface area (TPSA) is 128 Å². The van der Waals surface area contributed by atoms with Crippen molar-refractivity contribution >= 4 is 21.9 Å². The number of likely N-dealkylation sites (tertiary alicyclic amines) is 1. The van der Waals surface area contributed by atoms with Gasteiger partial charge in [0, 0.05) is 38.3 Å². The summed E-state index contributed by atoms with van der Waals surface area (Å²) in [6, 6.07) is 2.31. The molecule has 0 aromatic carbocycles. The maximum atomic E-state index is 13.0. The molecule has 1 aromatic heterocycles. The quantitative estimate of drug-likeness (QED) is 0.718. The van der Waals surface area contributed by atoms with Crippen LogP contribution in [0.4, 0.5) is 0 Å². The number of sulfonamides is 1. The van der Waals surface area contributed by atoms with Crippen molar-refractivity contribution in [1.29, 1.82) is 0 Å². The van der Waals surface area contributed by atoms with Crippen molar-refractivity contribution in [3.05, 3.63) is 23.9 Å². The molecular weight excluding hydrogens is 374 g/mol. The van der Waals surface area contributed by atoms with Crippen LogP contribution in [0.2, 0.25) is 0 Å². The lowest BCUT2D eigenvalue weighted by molar-refractivity contribution is -0.146. The van der Waals surface area contributed by atoms with Gasteiger partial charge in [-0.2, -0.15) is 4.31 Å². The zero-order chi connectivity index (χ0) is 19.6. The van der Waals surface area contributed by atoms with Gasteiger partial charge in [-0.25, -0.2) is 13.4 Å². The number of nitrogens with zero attached hydrogens (tertiary/aromatic N) is 3. The molecule has 2 saturated heterocycles. The number of amides is 1. The van der Waals surface area contributed by atoms with Crippen LogP contribution in [0.1, 0.15) is 31.2 Å². The highest BCUT2D eigenvalue weighted by Gasteiger charge is 2.41. The van der Waals surface area contributed by atoms with Crippen LogP contribution in [0.25, 0.3) is 0 Å². The van der Waals surface area contributed by atoms with Crippen LogP contribution < -0.4 is 0 Å². The molecule has 2 N–H and O–H groups in total. The summed E-state index contributed by atoms with van der Waals surface area (Å²) in [4.78, 5) is 29.4. The number of hydrogen-bond donors (Lipinski definition) is 2. The number of piperidine rings is 2. The maximum Gasteiger partial charge on any atom is 0.307 e. The van der Waals surface area contributed by atoms with Crippen molar-refractivity contribution < 1.29 is 28.2 Å². The third-order valence-electron chi connectivity index (χ3n) is 5.13. The second-order valence-corrected chi connectivity index (χ2v) is 8.84. The van der Waals surface area contributed by atoms with Crippen molar-refractivity contribution in [2.75, 3.05) is 19.6 Å². The highest BCUT2D eigenvalue weighted by atomic mass is 32.2. The third kappa shape index (κ3) is 4.12. The number of carbonyl (C=O) groups excluding carboxylic acids is 1. The SMILES string of the molecule is O=C(O)[C@H]1C[C@@H](N2CCCCC2=O)CN(S(=O)(=O)c2cc(CO)ccn2)C1. The molecule has 1 amide bonds. The molecule has 1 aromatic rings. The predicted octanol–water partition coefficient (Wildman–Crippen LogP) is 0.0502. The number of hydrogen-bond acceptors (Lipinski definition) is 6. The monoisotopic (exact) mass is 397 g/mol. The van der Waals surface area contributed by atoms with Gasteiger partial charge in [0.25, 0.3) is 10.0 Å². The van der Waals surface area contributed by atoms with Crippen molar-refractivity contribution in [2.45, 2.75) is 43.4 Å². The molecule has 0 unspecified atom stereocenters. The molecule has 27 heavy (non-hydrogen) atoms. The highest BCUT2D eigenvalue weighted by Crippen LogP contribution is 2.28. The van der Waals surface area contributed by atoms with Gasteiger partial charge in [-0.05, 0) is 37.0 Å². The summed E-state index contributed by atoms with van der Waals surface area (Å²) >= 11 is 0. The standard InChI is InChI=1S/C17H23N3O6S/c21-11-12-4-5-18-15(7-12)27(25,26)19-9-13(17(23)24)8-14(10-19)20-6-2-1-3-16(20)22/h4-5,7,13-14,21H,1-3,6,8-11H2,(H,23,24)/t13-,14+/m0/s1. The first-order valence-electron chi connectivity index (χ1n) is 8.91. The zero-order valence-corrected chi connectivity index (χ0v) is 15.6. The van der Waals surface area contributed by atoms with Crippen LogP contribution in [0.5, 0.6) is 0 Å². The fourth-order valence-electron chi connectivity index (χ4n) is 3.67. The fraction of sp³-hybridized carbons (Fsp3) is 0.588. The molecule has 3 rings (SSSR count). The van der Waals surface area contributed by atoms with E-state index in [9.17, 15) is 28.2 Å². The minimum absolute atomic E-state index is 0.0445. The van der Waals surface area contributed by atoms with Crippen molar-refractivity contribution in [3.8, 4) is 0 Å². The van der Waals surface area contributed by atoms with E-state index in [0.717, 1.165) is 17.1 Å². The molecule has 0 spiro atoms. The van der Waals surface area contributed by atoms with Crippen molar-refractivity contribution in [2.24, 2.45) is 5.92 Å². The van der Waals surface area contributed by atoms with Crippen LogP contribution in [0.3, 0.4) is 0 Å². The Morgan fingerprint density at radius 2 is 2.07 bits per heavy atom. The largest absolute Gasteiger partial charge is 0.481 e. The number of aromatic nitrogens is 1. The van der Waals surface area contributed by atoms with Gasteiger partial charge in [-0.3, -0.25) is 9.59 Å². The van der Waals surface area contributed by atoms with E-state index in [1.54, 1.807) is 4.90 Å². The van der Waals surface area contributed by atoms with Crippen LogP contribution >= 0.6 is 0 Å². The minimum atomic E-state index is -4.04. The molecule has 2 aliphatic heterocycles. The lowest BCUT2D eigenvalue weighted by Crippen LogP contribution is -2.56. The Morgan fingerprint density at radius 1 is 1.30 bits per heavy atom. The number of pyridine rings is 1. The van der Waals surface area contributed by atoms with Gasteiger partial charge < -0.3 is 15.1 Å². The Bertz CT molecular complexity index is 828. The van der Waals surface area contributed by atoms with Crippen LogP contribution in [0, 0.1) is 5.92 Å². The Morgan fingerprint density at radius 3 is 2.74 bits per heavy atom. The number of carbonyl (C=O) groups is 2. The third-order valence-corrected chi connectivity index (χ3v) is 6.86. The molecule has 3 heterocycles. The summed E-state index contributed by atoms with van der Waals surface area (Å²) in [6.45, 7) is 0.0692. The Kier molecular flexibility index (Phi) is 5.78. The lowest BCUT2D eigenvalue weighted by Gasteiger charge is -2.42. The minimum Gasteiger partial charge on any atom is -0.481 e. The molecule has 148 valence electrons. The first-order chi connectivity index (χ1) is 12.8. The second-order valence-electron chi connectivity index (χ2n) is 6.95. The normalized spacial score (nSPS) is 24.8. The van der Waals surface area contributed by atoms with Gasteiger partial charge in [0.2, 0.25) is 5.91 Å². The van der Waals surface area contributed by atoms with Gasteiger partial charge in [-0.15, -0.1) is 0 Å². The predicted molar refractivity (Wildman–Crippen MR) is 94.0 cm³/mol. The summed E-state index contributed by atoms with van der Waals surface area (Å²) in [5.41, 5.74) is 0.401. The smallest absolute Gasteiger partial charge is 0.307 e. The molecule has 2 aliphatic rings. The van der Waals surface area contributed by atoms with E-state index in [0.29, 0.717) is 18.5 Å². The zero-order valence-electron chi connectivity index (χ0n) is 14.8. The second kappa shape index (κ2) is 7.91. The number of carboxylic acids is 1. The number of carboxylic acid groups (broad SMARTS) is 1. The molecule has 0 saturated carbocycles. The van der Waals surface area contributed by atoms with E-state index in [-0.39, 0.29) is 37.1 Å². The number of rotatable bonds is 5. The molecule has 0 aliphatic carbocycles. The molecule has 10 heteroatoms. The van der Waals surface area contributed by atoms with E-state index >= 15 is 0 Å². The Labute approximate surface area is 157 Å². The summed E-state index contributed by atoms with van der Waals surface area (Å²) in [5, 5.41) is 18.5. The fourth-order valence-corrected chi connectivity index (χ4v) is 5.17. The van der Waals surface area contributed by atoms with Crippen molar-refractivity contribution in [1.82, 2.24) is 14.2 Å². The van der Waals surface area contributed by atoms with E-state index in [1.165, 1.54) is 18.3 Å². The van der Waals surface area contributed by atoms with Crippen LogP contribution in [0.15, 0.2) is 23.4 Å². The van der Waals surface area contributed by atoms with E-state index < -0.39 is 28.0 Å². The summed E-state index contributed by atoms with van der Waals surface area (Å²) in [5.74, 6) is -2.04. The first-order valence-corrected chi connectivity index (χ1v) is 10.3. The lowest BCUT2D eigenvalue weighted by atomic mass is 9.93. The van der Waals surface area contributed by atoms with Gasteiger partial charge in [0.05, 0.1) is 12.5 Å². The molecule has 2 atom stereocenters. The van der Waals surface area contributed by atoms with E-state index in [2.05, 4.69) is 4.98 Å². The molecular formula is C17H23N3O6S. The van der Waals surface area contributed by atoms with Gasteiger partial charge in [0.1, 0.15) is 0 Å². The molecule has 9 nitrogen and oxygen atoms in total.